The van der Waals surface area contributed by atoms with Crippen LogP contribution in [-0.4, -0.2) is 28.3 Å². The monoisotopic (exact) mass is 323 g/mol. The van der Waals surface area contributed by atoms with E-state index in [2.05, 4.69) is 15.2 Å². The first-order chi connectivity index (χ1) is 11.6. The van der Waals surface area contributed by atoms with Gasteiger partial charge in [0.2, 0.25) is 0 Å². The number of para-hydroxylation sites is 1. The molecule has 0 saturated carbocycles. The molecule has 0 unspecified atom stereocenters. The Labute approximate surface area is 137 Å². The molecule has 2 rings (SSSR count). The molecular formula is C16H13N5O3. The van der Waals surface area contributed by atoms with Gasteiger partial charge in [-0.15, -0.1) is 0 Å². The van der Waals surface area contributed by atoms with E-state index in [9.17, 15) is 14.9 Å². The van der Waals surface area contributed by atoms with Crippen molar-refractivity contribution in [2.45, 2.75) is 13.3 Å². The summed E-state index contributed by atoms with van der Waals surface area (Å²) < 4.78 is 5.94. The van der Waals surface area contributed by atoms with Crippen molar-refractivity contribution < 1.29 is 14.3 Å². The molecule has 0 bridgehead atoms. The highest BCUT2D eigenvalue weighted by molar-refractivity contribution is 6.37. The third kappa shape index (κ3) is 3.39. The Morgan fingerprint density at radius 2 is 2.00 bits per heavy atom. The molecule has 0 saturated heterocycles. The highest BCUT2D eigenvalue weighted by Gasteiger charge is 2.24. The minimum Gasteiger partial charge on any atom is -0.459 e. The van der Waals surface area contributed by atoms with Gasteiger partial charge in [-0.05, 0) is 19.1 Å². The number of carbonyl (C=O) groups excluding carboxylic acids is 2. The molecule has 2 aromatic rings. The second kappa shape index (κ2) is 7.56. The van der Waals surface area contributed by atoms with Crippen LogP contribution in [0.1, 0.15) is 18.2 Å². The van der Waals surface area contributed by atoms with Crippen LogP contribution in [0.15, 0.2) is 30.3 Å². The summed E-state index contributed by atoms with van der Waals surface area (Å²) in [5.74, 6) is -2.06. The first kappa shape index (κ1) is 16.7. The zero-order valence-electron chi connectivity index (χ0n) is 12.8. The molecule has 1 N–H and O–H groups in total. The van der Waals surface area contributed by atoms with Gasteiger partial charge in [-0.1, -0.05) is 18.2 Å². The first-order valence-electron chi connectivity index (χ1n) is 7.04. The summed E-state index contributed by atoms with van der Waals surface area (Å²) in [6.07, 6.45) is -0.106. The predicted octanol–water partition coefficient (Wildman–Crippen LogP) is 1.31. The van der Waals surface area contributed by atoms with Gasteiger partial charge in [0.05, 0.1) is 30.5 Å². The number of hydrogen-bond acceptors (Lipinski definition) is 6. The highest BCUT2D eigenvalue weighted by atomic mass is 16.5. The van der Waals surface area contributed by atoms with Gasteiger partial charge in [0.25, 0.3) is 0 Å². The molecule has 8 heteroatoms. The molecule has 0 fully saturated rings. The van der Waals surface area contributed by atoms with Gasteiger partial charge in [0.1, 0.15) is 11.6 Å². The highest BCUT2D eigenvalue weighted by Crippen LogP contribution is 2.23. The topological polar surface area (TPSA) is 121 Å². The van der Waals surface area contributed by atoms with Gasteiger partial charge in [0.15, 0.2) is 5.82 Å². The second-order valence-electron chi connectivity index (χ2n) is 4.54. The number of amides is 1. The van der Waals surface area contributed by atoms with E-state index in [1.807, 2.05) is 12.1 Å². The molecule has 1 amide bonds. The van der Waals surface area contributed by atoms with Crippen LogP contribution >= 0.6 is 0 Å². The average molecular weight is 323 g/mol. The fourth-order valence-electron chi connectivity index (χ4n) is 2.01. The standard InChI is InChI=1S/C16H13N5O3/c1-2-24-16(23)15(22)19-14-12(10-18)13(8-9-17)20-21(14)11-6-4-3-5-7-11/h3-7H,2,8H2,1H3,(H,19,22). The van der Waals surface area contributed by atoms with Crippen LogP contribution < -0.4 is 5.32 Å². The number of nitrogens with one attached hydrogen (secondary N) is 1. The number of benzene rings is 1. The van der Waals surface area contributed by atoms with E-state index in [1.54, 1.807) is 37.3 Å². The number of aromatic nitrogens is 2. The van der Waals surface area contributed by atoms with Crippen LogP contribution in [0.2, 0.25) is 0 Å². The quantitative estimate of drug-likeness (QED) is 0.669. The minimum absolute atomic E-state index is 0.0204. The van der Waals surface area contributed by atoms with Gasteiger partial charge in [0, 0.05) is 0 Å². The van der Waals surface area contributed by atoms with Gasteiger partial charge in [-0.25, -0.2) is 9.48 Å². The average Bonchev–Trinajstić information content (AvgIpc) is 2.93. The van der Waals surface area contributed by atoms with Crippen molar-refractivity contribution >= 4 is 17.7 Å². The zero-order chi connectivity index (χ0) is 17.5. The van der Waals surface area contributed by atoms with Crippen molar-refractivity contribution in [3.63, 3.8) is 0 Å². The van der Waals surface area contributed by atoms with E-state index < -0.39 is 11.9 Å². The van der Waals surface area contributed by atoms with Crippen molar-refractivity contribution in [3.8, 4) is 17.8 Å². The summed E-state index contributed by atoms with van der Waals surface area (Å²) in [6, 6.07) is 12.6. The molecular weight excluding hydrogens is 310 g/mol. The van der Waals surface area contributed by atoms with E-state index in [0.717, 1.165) is 0 Å². The van der Waals surface area contributed by atoms with Gasteiger partial charge >= 0.3 is 11.9 Å². The fraction of sp³-hybridized carbons (Fsp3) is 0.188. The number of carbonyl (C=O) groups is 2. The van der Waals surface area contributed by atoms with Crippen LogP contribution in [0.3, 0.4) is 0 Å². The molecule has 0 aliphatic heterocycles. The van der Waals surface area contributed by atoms with Gasteiger partial charge in [-0.3, -0.25) is 10.1 Å². The van der Waals surface area contributed by atoms with Gasteiger partial charge < -0.3 is 4.74 Å². The number of rotatable bonds is 4. The number of anilines is 1. The molecule has 0 aliphatic rings. The van der Waals surface area contributed by atoms with Crippen molar-refractivity contribution in [2.24, 2.45) is 0 Å². The predicted molar refractivity (Wildman–Crippen MR) is 82.9 cm³/mol. The van der Waals surface area contributed by atoms with Crippen LogP contribution in [0.5, 0.6) is 0 Å². The maximum atomic E-state index is 11.9. The Morgan fingerprint density at radius 3 is 2.58 bits per heavy atom. The molecule has 8 nitrogen and oxygen atoms in total. The zero-order valence-corrected chi connectivity index (χ0v) is 12.8. The van der Waals surface area contributed by atoms with Crippen LogP contribution in [-0.2, 0) is 20.7 Å². The van der Waals surface area contributed by atoms with Gasteiger partial charge in [-0.2, -0.15) is 15.6 Å². The lowest BCUT2D eigenvalue weighted by Crippen LogP contribution is -2.26. The number of ether oxygens (including phenoxy) is 1. The number of hydrogen-bond donors (Lipinski definition) is 1. The number of nitriles is 2. The normalized spacial score (nSPS) is 9.62. The molecule has 0 atom stereocenters. The summed E-state index contributed by atoms with van der Waals surface area (Å²) in [4.78, 5) is 23.4. The number of esters is 1. The van der Waals surface area contributed by atoms with E-state index in [1.165, 1.54) is 4.68 Å². The molecule has 120 valence electrons. The second-order valence-corrected chi connectivity index (χ2v) is 4.54. The molecule has 1 aromatic carbocycles. The Kier molecular flexibility index (Phi) is 5.27. The third-order valence-electron chi connectivity index (χ3n) is 3.01. The summed E-state index contributed by atoms with van der Waals surface area (Å²) in [5.41, 5.74) is 0.804. The SMILES string of the molecule is CCOC(=O)C(=O)Nc1c(C#N)c(CC#N)nn1-c1ccccc1. The summed E-state index contributed by atoms with van der Waals surface area (Å²) in [5, 5.41) is 24.8. The third-order valence-corrected chi connectivity index (χ3v) is 3.01. The Hall–Kier alpha value is -3.65. The maximum absolute atomic E-state index is 11.9. The fourth-order valence-corrected chi connectivity index (χ4v) is 2.01. The maximum Gasteiger partial charge on any atom is 0.397 e. The Balaban J connectivity index is 2.51. The van der Waals surface area contributed by atoms with Crippen molar-refractivity contribution in [1.82, 2.24) is 9.78 Å². The molecule has 0 spiro atoms. The molecule has 0 aliphatic carbocycles. The molecule has 24 heavy (non-hydrogen) atoms. The van der Waals surface area contributed by atoms with Crippen molar-refractivity contribution in [2.75, 3.05) is 11.9 Å². The van der Waals surface area contributed by atoms with E-state index in [0.29, 0.717) is 5.69 Å². The molecule has 1 heterocycles. The summed E-state index contributed by atoms with van der Waals surface area (Å²) in [7, 11) is 0. The lowest BCUT2D eigenvalue weighted by molar-refractivity contribution is -0.152. The van der Waals surface area contributed by atoms with Crippen LogP contribution in [0.25, 0.3) is 5.69 Å². The molecule has 1 aromatic heterocycles. The Morgan fingerprint density at radius 1 is 1.29 bits per heavy atom. The lowest BCUT2D eigenvalue weighted by Gasteiger charge is -2.08. The van der Waals surface area contributed by atoms with E-state index in [4.69, 9.17) is 5.26 Å². The summed E-state index contributed by atoms with van der Waals surface area (Å²) >= 11 is 0. The number of nitrogens with zero attached hydrogens (tertiary/aromatic N) is 4. The Bertz CT molecular complexity index is 843. The molecule has 0 radical (unpaired) electrons. The van der Waals surface area contributed by atoms with Crippen LogP contribution in [0.4, 0.5) is 5.82 Å². The van der Waals surface area contributed by atoms with Crippen molar-refractivity contribution in [1.29, 1.82) is 10.5 Å². The summed E-state index contributed by atoms with van der Waals surface area (Å²) in [6.45, 7) is 1.63. The van der Waals surface area contributed by atoms with Crippen molar-refractivity contribution in [3.05, 3.63) is 41.6 Å². The minimum atomic E-state index is -1.07. The smallest absolute Gasteiger partial charge is 0.397 e. The van der Waals surface area contributed by atoms with Crippen LogP contribution in [0, 0.1) is 22.7 Å². The largest absolute Gasteiger partial charge is 0.459 e. The van der Waals surface area contributed by atoms with E-state index >= 15 is 0 Å². The first-order valence-corrected chi connectivity index (χ1v) is 7.04. The van der Waals surface area contributed by atoms with E-state index in [-0.39, 0.29) is 30.1 Å². The lowest BCUT2D eigenvalue weighted by atomic mass is 10.2.